The van der Waals surface area contributed by atoms with Crippen molar-refractivity contribution in [3.8, 4) is 0 Å². The SMILES string of the molecule is CC(C)(C)C(N)CC(=O)NC(C(=O)O)C1CCCCC1. The van der Waals surface area contributed by atoms with Crippen molar-refractivity contribution in [3.63, 3.8) is 0 Å². The van der Waals surface area contributed by atoms with Gasteiger partial charge in [0.25, 0.3) is 0 Å². The van der Waals surface area contributed by atoms with Crippen LogP contribution >= 0.6 is 0 Å². The lowest BCUT2D eigenvalue weighted by molar-refractivity contribution is -0.144. The third-order valence-corrected chi connectivity index (χ3v) is 4.22. The van der Waals surface area contributed by atoms with E-state index in [4.69, 9.17) is 5.73 Å². The van der Waals surface area contributed by atoms with Gasteiger partial charge in [0.15, 0.2) is 0 Å². The van der Waals surface area contributed by atoms with Crippen LogP contribution in [0.1, 0.15) is 59.3 Å². The molecule has 5 nitrogen and oxygen atoms in total. The number of carbonyl (C=O) groups is 2. The minimum Gasteiger partial charge on any atom is -0.480 e. The molecule has 2 unspecified atom stereocenters. The van der Waals surface area contributed by atoms with E-state index in [1.54, 1.807) is 0 Å². The molecule has 4 N–H and O–H groups in total. The van der Waals surface area contributed by atoms with Gasteiger partial charge in [-0.25, -0.2) is 4.79 Å². The van der Waals surface area contributed by atoms with Gasteiger partial charge in [-0.15, -0.1) is 0 Å². The summed E-state index contributed by atoms with van der Waals surface area (Å²) in [4.78, 5) is 23.4. The maximum absolute atomic E-state index is 12.0. The standard InChI is InChI=1S/C15H28N2O3/c1-15(2,3)11(16)9-12(18)17-13(14(19)20)10-7-5-4-6-8-10/h10-11,13H,4-9,16H2,1-3H3,(H,17,18)(H,19,20). The number of carboxylic acids is 1. The molecule has 0 heterocycles. The molecule has 1 rings (SSSR count). The molecule has 2 atom stereocenters. The van der Waals surface area contributed by atoms with E-state index in [-0.39, 0.29) is 29.7 Å². The Balaban J connectivity index is 2.57. The van der Waals surface area contributed by atoms with Crippen LogP contribution in [0.4, 0.5) is 0 Å². The maximum Gasteiger partial charge on any atom is 0.326 e. The van der Waals surface area contributed by atoms with Crippen molar-refractivity contribution in [1.82, 2.24) is 5.32 Å². The highest BCUT2D eigenvalue weighted by atomic mass is 16.4. The first-order valence-corrected chi connectivity index (χ1v) is 7.49. The summed E-state index contributed by atoms with van der Waals surface area (Å²) >= 11 is 0. The predicted molar refractivity (Wildman–Crippen MR) is 78.2 cm³/mol. The summed E-state index contributed by atoms with van der Waals surface area (Å²) in [6.07, 6.45) is 5.18. The van der Waals surface area contributed by atoms with Gasteiger partial charge in [0.1, 0.15) is 6.04 Å². The number of hydrogen-bond acceptors (Lipinski definition) is 3. The Hall–Kier alpha value is -1.10. The molecule has 0 aliphatic heterocycles. The first-order chi connectivity index (χ1) is 9.21. The van der Waals surface area contributed by atoms with Gasteiger partial charge in [0, 0.05) is 12.5 Å². The molecule has 1 amide bonds. The van der Waals surface area contributed by atoms with Crippen LogP contribution in [-0.4, -0.2) is 29.1 Å². The lowest BCUT2D eigenvalue weighted by Crippen LogP contribution is -2.49. The fraction of sp³-hybridized carbons (Fsp3) is 0.867. The molecule has 1 saturated carbocycles. The molecule has 0 aromatic rings. The number of nitrogens with one attached hydrogen (secondary N) is 1. The zero-order valence-electron chi connectivity index (χ0n) is 12.8. The van der Waals surface area contributed by atoms with Gasteiger partial charge in [0.2, 0.25) is 5.91 Å². The van der Waals surface area contributed by atoms with Gasteiger partial charge in [-0.2, -0.15) is 0 Å². The fourth-order valence-electron chi connectivity index (χ4n) is 2.59. The van der Waals surface area contributed by atoms with Crippen molar-refractivity contribution in [3.05, 3.63) is 0 Å². The molecule has 5 heteroatoms. The Kier molecular flexibility index (Phi) is 5.99. The molecule has 20 heavy (non-hydrogen) atoms. The number of carbonyl (C=O) groups excluding carboxylic acids is 1. The summed E-state index contributed by atoms with van der Waals surface area (Å²) in [6, 6.07) is -1.04. The summed E-state index contributed by atoms with van der Waals surface area (Å²) < 4.78 is 0. The van der Waals surface area contributed by atoms with Crippen molar-refractivity contribution < 1.29 is 14.7 Å². The monoisotopic (exact) mass is 284 g/mol. The molecular formula is C15H28N2O3. The number of amides is 1. The van der Waals surface area contributed by atoms with Crippen LogP contribution < -0.4 is 11.1 Å². The van der Waals surface area contributed by atoms with Crippen LogP contribution in [0.25, 0.3) is 0 Å². The van der Waals surface area contributed by atoms with Gasteiger partial charge >= 0.3 is 5.97 Å². The second-order valence-corrected chi connectivity index (χ2v) is 6.96. The number of aliphatic carboxylic acids is 1. The summed E-state index contributed by atoms with van der Waals surface area (Å²) in [5.74, 6) is -1.14. The van der Waals surface area contributed by atoms with Gasteiger partial charge in [0.05, 0.1) is 0 Å². The fourth-order valence-corrected chi connectivity index (χ4v) is 2.59. The van der Waals surface area contributed by atoms with Crippen LogP contribution in [0.5, 0.6) is 0 Å². The number of hydrogen-bond donors (Lipinski definition) is 3. The van der Waals surface area contributed by atoms with Crippen molar-refractivity contribution in [2.24, 2.45) is 17.1 Å². The zero-order chi connectivity index (χ0) is 15.3. The Morgan fingerprint density at radius 3 is 2.25 bits per heavy atom. The molecule has 116 valence electrons. The third kappa shape index (κ3) is 5.12. The van der Waals surface area contributed by atoms with E-state index in [0.29, 0.717) is 0 Å². The number of nitrogens with two attached hydrogens (primary N) is 1. The summed E-state index contributed by atoms with van der Waals surface area (Å²) in [5, 5.41) is 12.0. The van der Waals surface area contributed by atoms with E-state index >= 15 is 0 Å². The topological polar surface area (TPSA) is 92.4 Å². The first kappa shape index (κ1) is 17.0. The first-order valence-electron chi connectivity index (χ1n) is 7.49. The van der Waals surface area contributed by atoms with Crippen LogP contribution in [0.2, 0.25) is 0 Å². The van der Waals surface area contributed by atoms with Crippen LogP contribution in [0, 0.1) is 11.3 Å². The van der Waals surface area contributed by atoms with E-state index in [1.165, 1.54) is 0 Å². The Morgan fingerprint density at radius 1 is 1.25 bits per heavy atom. The molecular weight excluding hydrogens is 256 g/mol. The molecule has 0 spiro atoms. The quantitative estimate of drug-likeness (QED) is 0.719. The van der Waals surface area contributed by atoms with Gasteiger partial charge in [-0.05, 0) is 24.2 Å². The van der Waals surface area contributed by atoms with Crippen LogP contribution in [0.15, 0.2) is 0 Å². The second-order valence-electron chi connectivity index (χ2n) is 6.96. The molecule has 0 aromatic carbocycles. The van der Waals surface area contributed by atoms with Crippen molar-refractivity contribution in [2.45, 2.75) is 71.4 Å². The molecule has 0 bridgehead atoms. The molecule has 0 aromatic heterocycles. The van der Waals surface area contributed by atoms with Gasteiger partial charge in [-0.1, -0.05) is 40.0 Å². The van der Waals surface area contributed by atoms with Crippen LogP contribution in [0.3, 0.4) is 0 Å². The molecule has 0 radical (unpaired) electrons. The molecule has 0 saturated heterocycles. The number of rotatable bonds is 5. The lowest BCUT2D eigenvalue weighted by atomic mass is 9.83. The molecule has 1 aliphatic carbocycles. The smallest absolute Gasteiger partial charge is 0.326 e. The lowest BCUT2D eigenvalue weighted by Gasteiger charge is -2.30. The Bertz CT molecular complexity index is 344. The van der Waals surface area contributed by atoms with Crippen molar-refractivity contribution in [2.75, 3.05) is 0 Å². The Labute approximate surface area is 121 Å². The van der Waals surface area contributed by atoms with Crippen molar-refractivity contribution in [1.29, 1.82) is 0 Å². The molecule has 1 fully saturated rings. The van der Waals surface area contributed by atoms with E-state index in [2.05, 4.69) is 5.32 Å². The van der Waals surface area contributed by atoms with Gasteiger partial charge in [-0.3, -0.25) is 4.79 Å². The third-order valence-electron chi connectivity index (χ3n) is 4.22. The maximum atomic E-state index is 12.0. The highest BCUT2D eigenvalue weighted by Gasteiger charge is 2.32. The normalized spacial score (nSPS) is 20.2. The van der Waals surface area contributed by atoms with E-state index < -0.39 is 12.0 Å². The van der Waals surface area contributed by atoms with E-state index in [1.807, 2.05) is 20.8 Å². The van der Waals surface area contributed by atoms with Crippen molar-refractivity contribution >= 4 is 11.9 Å². The average molecular weight is 284 g/mol. The Morgan fingerprint density at radius 2 is 1.80 bits per heavy atom. The summed E-state index contributed by atoms with van der Waals surface area (Å²) in [5.41, 5.74) is 5.81. The van der Waals surface area contributed by atoms with E-state index in [0.717, 1.165) is 32.1 Å². The minimum absolute atomic E-state index is 0.0519. The zero-order valence-corrected chi connectivity index (χ0v) is 12.8. The second kappa shape index (κ2) is 7.07. The minimum atomic E-state index is -0.936. The summed E-state index contributed by atoms with van der Waals surface area (Å²) in [7, 11) is 0. The molecule has 1 aliphatic rings. The average Bonchev–Trinajstić information content (AvgIpc) is 2.35. The highest BCUT2D eigenvalue weighted by molar-refractivity contribution is 5.84. The van der Waals surface area contributed by atoms with Crippen LogP contribution in [-0.2, 0) is 9.59 Å². The number of carboxylic acid groups (broad SMARTS) is 1. The van der Waals surface area contributed by atoms with E-state index in [9.17, 15) is 14.7 Å². The predicted octanol–water partition coefficient (Wildman–Crippen LogP) is 1.90. The largest absolute Gasteiger partial charge is 0.480 e. The highest BCUT2D eigenvalue weighted by Crippen LogP contribution is 2.27. The summed E-state index contributed by atoms with van der Waals surface area (Å²) in [6.45, 7) is 5.92. The van der Waals surface area contributed by atoms with Gasteiger partial charge < -0.3 is 16.2 Å².